The fraction of sp³-hybridized carbons (Fsp3) is 0.500. The van der Waals surface area contributed by atoms with Crippen molar-refractivity contribution in [1.29, 1.82) is 0 Å². The van der Waals surface area contributed by atoms with E-state index < -0.39 is 0 Å². The Bertz CT molecular complexity index is 324. The highest BCUT2D eigenvalue weighted by molar-refractivity contribution is 5.88. The van der Waals surface area contributed by atoms with Gasteiger partial charge in [0.25, 0.3) is 0 Å². The van der Waals surface area contributed by atoms with Gasteiger partial charge in [-0.1, -0.05) is 30.4 Å². The van der Waals surface area contributed by atoms with E-state index in [2.05, 4.69) is 6.58 Å². The first-order valence-electron chi connectivity index (χ1n) is 5.78. The van der Waals surface area contributed by atoms with Gasteiger partial charge in [0.2, 0.25) is 0 Å². The van der Waals surface area contributed by atoms with Crippen molar-refractivity contribution in [3.05, 3.63) is 36.0 Å². The number of esters is 1. The number of ether oxygens (including phenoxy) is 1. The van der Waals surface area contributed by atoms with E-state index in [1.54, 1.807) is 0 Å². The van der Waals surface area contributed by atoms with Crippen LogP contribution in [0.25, 0.3) is 0 Å². The molecule has 0 bridgehead atoms. The molecule has 1 atom stereocenters. The van der Waals surface area contributed by atoms with Crippen molar-refractivity contribution in [2.45, 2.75) is 33.1 Å². The van der Waals surface area contributed by atoms with Gasteiger partial charge in [-0.2, -0.15) is 0 Å². The molecule has 1 aliphatic carbocycles. The summed E-state index contributed by atoms with van der Waals surface area (Å²) in [4.78, 5) is 11.6. The van der Waals surface area contributed by atoms with Gasteiger partial charge in [0.1, 0.15) is 6.61 Å². The molecule has 0 heterocycles. The third kappa shape index (κ3) is 3.69. The molecule has 0 spiro atoms. The maximum absolute atomic E-state index is 11.6. The molecule has 0 aromatic carbocycles. The molecule has 0 aromatic heterocycles. The lowest BCUT2D eigenvalue weighted by molar-refractivity contribution is -0.138. The lowest BCUT2D eigenvalue weighted by Crippen LogP contribution is -2.14. The summed E-state index contributed by atoms with van der Waals surface area (Å²) in [6, 6.07) is 0. The summed E-state index contributed by atoms with van der Waals surface area (Å²) >= 11 is 0. The van der Waals surface area contributed by atoms with E-state index in [1.807, 2.05) is 32.1 Å². The lowest BCUT2D eigenvalue weighted by Gasteiger charge is -2.21. The molecule has 1 unspecified atom stereocenters. The van der Waals surface area contributed by atoms with Gasteiger partial charge in [-0.25, -0.2) is 4.79 Å². The van der Waals surface area contributed by atoms with E-state index in [1.165, 1.54) is 5.57 Å². The molecule has 1 rings (SSSR count). The Balaban J connectivity index is 2.44. The van der Waals surface area contributed by atoms with E-state index in [4.69, 9.17) is 4.74 Å². The summed E-state index contributed by atoms with van der Waals surface area (Å²) in [5, 5.41) is 0. The van der Waals surface area contributed by atoms with Crippen LogP contribution in [0.5, 0.6) is 0 Å². The van der Waals surface area contributed by atoms with E-state index >= 15 is 0 Å². The third-order valence-corrected chi connectivity index (χ3v) is 2.92. The topological polar surface area (TPSA) is 26.3 Å². The summed E-state index contributed by atoms with van der Waals surface area (Å²) in [6.45, 7) is 8.28. The first-order valence-corrected chi connectivity index (χ1v) is 5.78. The minimum Gasteiger partial charge on any atom is -0.458 e. The van der Waals surface area contributed by atoms with Gasteiger partial charge >= 0.3 is 5.97 Å². The van der Waals surface area contributed by atoms with Crippen molar-refractivity contribution in [2.75, 3.05) is 6.61 Å². The van der Waals surface area contributed by atoms with Crippen LogP contribution >= 0.6 is 0 Å². The van der Waals surface area contributed by atoms with Gasteiger partial charge in [-0.15, -0.1) is 0 Å². The molecule has 2 heteroatoms. The number of rotatable bonds is 4. The summed E-state index contributed by atoms with van der Waals surface area (Å²) in [6.07, 6.45) is 8.45. The minimum atomic E-state index is -0.168. The van der Waals surface area contributed by atoms with Crippen LogP contribution in [-0.4, -0.2) is 12.6 Å². The molecule has 0 fully saturated rings. The number of hydrogen-bond acceptors (Lipinski definition) is 2. The van der Waals surface area contributed by atoms with Crippen LogP contribution < -0.4 is 0 Å². The molecule has 0 amide bonds. The number of allylic oxidation sites excluding steroid dienone is 3. The second kappa shape index (κ2) is 6.31. The van der Waals surface area contributed by atoms with E-state index in [0.717, 1.165) is 24.8 Å². The molecule has 88 valence electrons. The maximum Gasteiger partial charge on any atom is 0.333 e. The third-order valence-electron chi connectivity index (χ3n) is 2.92. The predicted molar refractivity (Wildman–Crippen MR) is 66.0 cm³/mol. The summed E-state index contributed by atoms with van der Waals surface area (Å²) in [7, 11) is 0. The number of carbonyl (C=O) groups excluding carboxylic acids is 1. The van der Waals surface area contributed by atoms with Gasteiger partial charge in [0.05, 0.1) is 0 Å². The van der Waals surface area contributed by atoms with Crippen molar-refractivity contribution in [2.24, 2.45) is 5.92 Å². The van der Waals surface area contributed by atoms with Crippen LogP contribution in [0.3, 0.4) is 0 Å². The molecule has 0 aromatic rings. The lowest BCUT2D eigenvalue weighted by atomic mass is 9.85. The molecule has 0 saturated heterocycles. The normalized spacial score (nSPS) is 20.6. The monoisotopic (exact) mass is 220 g/mol. The minimum absolute atomic E-state index is 0.168. The average molecular weight is 220 g/mol. The Labute approximate surface area is 97.7 Å². The molecule has 2 nitrogen and oxygen atoms in total. The molecule has 16 heavy (non-hydrogen) atoms. The average Bonchev–Trinajstić information content (AvgIpc) is 2.29. The van der Waals surface area contributed by atoms with E-state index in [-0.39, 0.29) is 5.97 Å². The van der Waals surface area contributed by atoms with Gasteiger partial charge in [-0.3, -0.25) is 0 Å². The Hall–Kier alpha value is -1.31. The van der Waals surface area contributed by atoms with Crippen LogP contribution in [0.2, 0.25) is 0 Å². The second-order valence-electron chi connectivity index (χ2n) is 4.21. The van der Waals surface area contributed by atoms with Crippen LogP contribution in [0.15, 0.2) is 36.0 Å². The molecular weight excluding hydrogens is 200 g/mol. The molecule has 1 aliphatic rings. The largest absolute Gasteiger partial charge is 0.458 e. The highest BCUT2D eigenvalue weighted by Gasteiger charge is 2.19. The van der Waals surface area contributed by atoms with Crippen molar-refractivity contribution in [3.63, 3.8) is 0 Å². The van der Waals surface area contributed by atoms with Crippen LogP contribution in [-0.2, 0) is 9.53 Å². The van der Waals surface area contributed by atoms with Gasteiger partial charge in [-0.05, 0) is 39.0 Å². The van der Waals surface area contributed by atoms with Crippen LogP contribution in [0.1, 0.15) is 33.1 Å². The molecule has 0 saturated carbocycles. The van der Waals surface area contributed by atoms with Gasteiger partial charge < -0.3 is 4.74 Å². The van der Waals surface area contributed by atoms with Crippen molar-refractivity contribution in [3.8, 4) is 0 Å². The molecule has 0 radical (unpaired) electrons. The van der Waals surface area contributed by atoms with Crippen molar-refractivity contribution < 1.29 is 9.53 Å². The van der Waals surface area contributed by atoms with Gasteiger partial charge in [0, 0.05) is 5.57 Å². The smallest absolute Gasteiger partial charge is 0.333 e. The zero-order valence-electron chi connectivity index (χ0n) is 10.2. The standard InChI is InChI=1S/C14H20O2/c1-4-5-10-16-14(15)13-8-6-12(7-9-13)11(2)3/h4-5,8,12H,2,6-7,9-10H2,1,3H3. The van der Waals surface area contributed by atoms with Crippen LogP contribution in [0, 0.1) is 5.92 Å². The SMILES string of the molecule is C=C(C)C1CC=C(C(=O)OCC=CC)CC1. The Morgan fingerprint density at radius 1 is 1.69 bits per heavy atom. The molecular formula is C14H20O2. The summed E-state index contributed by atoms with van der Waals surface area (Å²) < 4.78 is 5.10. The summed E-state index contributed by atoms with van der Waals surface area (Å²) in [5.74, 6) is 0.366. The fourth-order valence-electron chi connectivity index (χ4n) is 1.78. The zero-order valence-corrected chi connectivity index (χ0v) is 10.2. The number of carbonyl (C=O) groups is 1. The first-order chi connectivity index (χ1) is 7.65. The number of hydrogen-bond donors (Lipinski definition) is 0. The molecule has 0 N–H and O–H groups in total. The van der Waals surface area contributed by atoms with Gasteiger partial charge in [0.15, 0.2) is 0 Å². The quantitative estimate of drug-likeness (QED) is 0.536. The van der Waals surface area contributed by atoms with E-state index in [9.17, 15) is 4.79 Å². The fourth-order valence-corrected chi connectivity index (χ4v) is 1.78. The van der Waals surface area contributed by atoms with Crippen molar-refractivity contribution in [1.82, 2.24) is 0 Å². The zero-order chi connectivity index (χ0) is 12.0. The highest BCUT2D eigenvalue weighted by atomic mass is 16.5. The maximum atomic E-state index is 11.6. The Morgan fingerprint density at radius 2 is 2.44 bits per heavy atom. The van der Waals surface area contributed by atoms with Crippen molar-refractivity contribution >= 4 is 5.97 Å². The first kappa shape index (κ1) is 12.8. The van der Waals surface area contributed by atoms with E-state index in [0.29, 0.717) is 12.5 Å². The summed E-state index contributed by atoms with van der Waals surface area (Å²) in [5.41, 5.74) is 2.03. The predicted octanol–water partition coefficient (Wildman–Crippen LogP) is 3.41. The molecule has 0 aliphatic heterocycles. The second-order valence-corrected chi connectivity index (χ2v) is 4.21. The Morgan fingerprint density at radius 3 is 2.94 bits per heavy atom. The highest BCUT2D eigenvalue weighted by Crippen LogP contribution is 2.28. The Kier molecular flexibility index (Phi) is 5.03. The van der Waals surface area contributed by atoms with Crippen LogP contribution in [0.4, 0.5) is 0 Å².